The quantitative estimate of drug-likeness (QED) is 0.906. The number of anilines is 1. The summed E-state index contributed by atoms with van der Waals surface area (Å²) in [7, 11) is 0. The maximum absolute atomic E-state index is 6.00. The molecule has 2 aromatic rings. The number of hydrogen-bond acceptors (Lipinski definition) is 2. The average molecular weight is 301 g/mol. The van der Waals surface area contributed by atoms with E-state index < -0.39 is 0 Å². The lowest BCUT2D eigenvalue weighted by Crippen LogP contribution is -1.99. The van der Waals surface area contributed by atoms with Crippen LogP contribution in [0.25, 0.3) is 0 Å². The predicted octanol–water partition coefficient (Wildman–Crippen LogP) is 3.75. The van der Waals surface area contributed by atoms with Crippen LogP contribution >= 0.6 is 27.5 Å². The molecule has 16 heavy (non-hydrogen) atoms. The second kappa shape index (κ2) is 4.89. The van der Waals surface area contributed by atoms with Gasteiger partial charge in [-0.25, -0.2) is 0 Å². The maximum atomic E-state index is 6.00. The second-order valence-electron chi connectivity index (χ2n) is 3.50. The van der Waals surface area contributed by atoms with Crippen LogP contribution in [0, 0.1) is 6.92 Å². The van der Waals surface area contributed by atoms with E-state index in [2.05, 4.69) is 31.4 Å². The summed E-state index contributed by atoms with van der Waals surface area (Å²) in [5.74, 6) is 0. The van der Waals surface area contributed by atoms with E-state index in [-0.39, 0.29) is 0 Å². The zero-order valence-corrected chi connectivity index (χ0v) is 11.1. The van der Waals surface area contributed by atoms with Crippen molar-refractivity contribution >= 4 is 33.2 Å². The molecule has 0 spiro atoms. The van der Waals surface area contributed by atoms with Crippen LogP contribution in [0.15, 0.2) is 28.9 Å². The number of aryl methyl sites for hydroxylation is 1. The minimum absolute atomic E-state index is 0.703. The highest BCUT2D eigenvalue weighted by Gasteiger charge is 2.01. The Morgan fingerprint density at radius 3 is 2.94 bits per heavy atom. The number of aromatic nitrogens is 2. The van der Waals surface area contributed by atoms with E-state index >= 15 is 0 Å². The summed E-state index contributed by atoms with van der Waals surface area (Å²) in [5.41, 5.74) is 3.23. The van der Waals surface area contributed by atoms with Gasteiger partial charge in [0.1, 0.15) is 0 Å². The van der Waals surface area contributed by atoms with Gasteiger partial charge in [0.05, 0.1) is 11.2 Å². The number of hydrogen-bond donors (Lipinski definition) is 2. The first-order chi connectivity index (χ1) is 7.66. The van der Waals surface area contributed by atoms with Gasteiger partial charge >= 0.3 is 0 Å². The highest BCUT2D eigenvalue weighted by Crippen LogP contribution is 2.25. The Bertz CT molecular complexity index is 496. The van der Waals surface area contributed by atoms with Crippen LogP contribution in [0.1, 0.15) is 11.3 Å². The van der Waals surface area contributed by atoms with E-state index in [4.69, 9.17) is 11.6 Å². The van der Waals surface area contributed by atoms with Crippen molar-refractivity contribution in [2.45, 2.75) is 13.5 Å². The van der Waals surface area contributed by atoms with Gasteiger partial charge in [0.25, 0.3) is 0 Å². The van der Waals surface area contributed by atoms with Crippen molar-refractivity contribution in [2.24, 2.45) is 0 Å². The zero-order valence-electron chi connectivity index (χ0n) is 8.72. The van der Waals surface area contributed by atoms with E-state index in [9.17, 15) is 0 Å². The van der Waals surface area contributed by atoms with Crippen LogP contribution in [0.5, 0.6) is 0 Å². The smallest absolute Gasteiger partial charge is 0.0568 e. The Labute approximate surface area is 107 Å². The molecule has 3 nitrogen and oxygen atoms in total. The van der Waals surface area contributed by atoms with Crippen LogP contribution in [-0.2, 0) is 6.54 Å². The van der Waals surface area contributed by atoms with Gasteiger partial charge in [0, 0.05) is 28.0 Å². The van der Waals surface area contributed by atoms with E-state index in [1.54, 1.807) is 0 Å². The Morgan fingerprint density at radius 2 is 2.31 bits per heavy atom. The van der Waals surface area contributed by atoms with Crippen molar-refractivity contribution in [3.05, 3.63) is 45.1 Å². The molecular weight excluding hydrogens is 289 g/mol. The molecule has 0 fully saturated rings. The largest absolute Gasteiger partial charge is 0.381 e. The molecule has 1 heterocycles. The van der Waals surface area contributed by atoms with Crippen LogP contribution in [0.3, 0.4) is 0 Å². The molecule has 0 aliphatic heterocycles. The first-order valence-electron chi connectivity index (χ1n) is 4.84. The zero-order chi connectivity index (χ0) is 11.5. The van der Waals surface area contributed by atoms with Crippen molar-refractivity contribution in [3.8, 4) is 0 Å². The molecule has 0 saturated carbocycles. The Kier molecular flexibility index (Phi) is 3.51. The molecule has 0 amide bonds. The van der Waals surface area contributed by atoms with Crippen LogP contribution in [-0.4, -0.2) is 10.2 Å². The Morgan fingerprint density at radius 1 is 1.50 bits per heavy atom. The molecule has 1 aromatic carbocycles. The lowest BCUT2D eigenvalue weighted by atomic mass is 10.2. The molecule has 84 valence electrons. The van der Waals surface area contributed by atoms with Gasteiger partial charge in [0.2, 0.25) is 0 Å². The minimum atomic E-state index is 0.703. The fraction of sp³-hybridized carbons (Fsp3) is 0.182. The summed E-state index contributed by atoms with van der Waals surface area (Å²) >= 11 is 9.36. The third-order valence-corrected chi connectivity index (χ3v) is 3.57. The number of H-pyrrole nitrogens is 1. The molecule has 0 unspecified atom stereocenters. The molecule has 0 radical (unpaired) electrons. The van der Waals surface area contributed by atoms with Crippen LogP contribution in [0.2, 0.25) is 5.02 Å². The van der Waals surface area contributed by atoms with Gasteiger partial charge in [-0.05, 0) is 41.1 Å². The van der Waals surface area contributed by atoms with E-state index in [1.807, 2.05) is 31.3 Å². The average Bonchev–Trinajstić information content (AvgIpc) is 2.66. The van der Waals surface area contributed by atoms with Gasteiger partial charge in [-0.3, -0.25) is 5.10 Å². The summed E-state index contributed by atoms with van der Waals surface area (Å²) in [5, 5.41) is 10.9. The molecule has 0 saturated heterocycles. The fourth-order valence-electron chi connectivity index (χ4n) is 1.36. The molecule has 2 N–H and O–H groups in total. The van der Waals surface area contributed by atoms with Gasteiger partial charge in [-0.2, -0.15) is 5.10 Å². The number of halogens is 2. The third kappa shape index (κ3) is 2.57. The first-order valence-corrected chi connectivity index (χ1v) is 6.01. The van der Waals surface area contributed by atoms with Gasteiger partial charge in [0.15, 0.2) is 0 Å². The summed E-state index contributed by atoms with van der Waals surface area (Å²) in [6.45, 7) is 2.73. The predicted molar refractivity (Wildman–Crippen MR) is 69.8 cm³/mol. The Hall–Kier alpha value is -1.000. The maximum Gasteiger partial charge on any atom is 0.0568 e. The molecule has 0 aliphatic rings. The monoisotopic (exact) mass is 299 g/mol. The summed E-state index contributed by atoms with van der Waals surface area (Å²) in [6.07, 6.45) is 1.82. The number of aromatic amines is 1. The number of nitrogens with zero attached hydrogens (tertiary/aromatic N) is 1. The highest BCUT2D eigenvalue weighted by molar-refractivity contribution is 9.10. The van der Waals surface area contributed by atoms with Crippen molar-refractivity contribution in [2.75, 3.05) is 5.32 Å². The van der Waals surface area contributed by atoms with Crippen molar-refractivity contribution < 1.29 is 0 Å². The molecule has 5 heteroatoms. The third-order valence-electron chi connectivity index (χ3n) is 2.34. The molecular formula is C11H11BrClN3. The standard InChI is InChI=1S/C11H11BrClN3/c1-7-8(6-15-16-7)5-14-9-2-3-10(12)11(13)4-9/h2-4,6,14H,5H2,1H3,(H,15,16). The second-order valence-corrected chi connectivity index (χ2v) is 4.76. The molecule has 0 aliphatic carbocycles. The summed E-state index contributed by atoms with van der Waals surface area (Å²) in [6, 6.07) is 5.79. The lowest BCUT2D eigenvalue weighted by molar-refractivity contribution is 1.04. The van der Waals surface area contributed by atoms with Gasteiger partial charge in [-0.1, -0.05) is 11.6 Å². The number of nitrogens with one attached hydrogen (secondary N) is 2. The Balaban J connectivity index is 2.05. The van der Waals surface area contributed by atoms with Crippen molar-refractivity contribution in [1.29, 1.82) is 0 Å². The van der Waals surface area contributed by atoms with Crippen LogP contribution < -0.4 is 5.32 Å². The highest BCUT2D eigenvalue weighted by atomic mass is 79.9. The molecule has 0 bridgehead atoms. The summed E-state index contributed by atoms with van der Waals surface area (Å²) in [4.78, 5) is 0. The van der Waals surface area contributed by atoms with E-state index in [1.165, 1.54) is 0 Å². The van der Waals surface area contributed by atoms with Gasteiger partial charge in [-0.15, -0.1) is 0 Å². The van der Waals surface area contributed by atoms with Crippen molar-refractivity contribution in [3.63, 3.8) is 0 Å². The number of benzene rings is 1. The lowest BCUT2D eigenvalue weighted by Gasteiger charge is -2.06. The molecule has 1 aromatic heterocycles. The topological polar surface area (TPSA) is 40.7 Å². The number of rotatable bonds is 3. The van der Waals surface area contributed by atoms with E-state index in [0.717, 1.165) is 28.0 Å². The normalized spacial score (nSPS) is 10.4. The van der Waals surface area contributed by atoms with Crippen molar-refractivity contribution in [1.82, 2.24) is 10.2 Å². The van der Waals surface area contributed by atoms with Gasteiger partial charge < -0.3 is 5.32 Å². The van der Waals surface area contributed by atoms with Crippen LogP contribution in [0.4, 0.5) is 5.69 Å². The molecule has 2 rings (SSSR count). The van der Waals surface area contributed by atoms with E-state index in [0.29, 0.717) is 5.02 Å². The first kappa shape index (κ1) is 11.5. The minimum Gasteiger partial charge on any atom is -0.381 e. The SMILES string of the molecule is Cc1[nH]ncc1CNc1ccc(Br)c(Cl)c1. The molecule has 0 atom stereocenters. The fourth-order valence-corrected chi connectivity index (χ4v) is 1.78. The summed E-state index contributed by atoms with van der Waals surface area (Å²) < 4.78 is 0.902.